The maximum Gasteiger partial charge on any atom is 0.130 e. The van der Waals surface area contributed by atoms with Crippen LogP contribution in [0.1, 0.15) is 49.4 Å². The van der Waals surface area contributed by atoms with Crippen LogP contribution in [0.4, 0.5) is 0 Å². The summed E-state index contributed by atoms with van der Waals surface area (Å²) in [6, 6.07) is 11.4. The molecule has 0 spiro atoms. The van der Waals surface area contributed by atoms with E-state index in [4.69, 9.17) is 4.74 Å². The zero-order valence-electron chi connectivity index (χ0n) is 19.3. The van der Waals surface area contributed by atoms with Gasteiger partial charge in [0, 0.05) is 16.8 Å². The van der Waals surface area contributed by atoms with Crippen molar-refractivity contribution in [2.75, 3.05) is 13.3 Å². The van der Waals surface area contributed by atoms with Gasteiger partial charge in [-0.15, -0.1) is 8.58 Å². The normalized spacial score (nSPS) is 16.9. The Morgan fingerprint density at radius 2 is 1.90 bits per heavy atom. The number of aryl methyl sites for hydroxylation is 2. The highest BCUT2D eigenvalue weighted by Crippen LogP contribution is 2.35. The largest absolute Gasteiger partial charge is 0.492 e. The number of hydrogen-bond acceptors (Lipinski definition) is 1. The Balaban J connectivity index is 2.02. The summed E-state index contributed by atoms with van der Waals surface area (Å²) in [6.07, 6.45) is 11.0. The van der Waals surface area contributed by atoms with Gasteiger partial charge in [0.15, 0.2) is 0 Å². The molecule has 1 aliphatic carbocycles. The van der Waals surface area contributed by atoms with Crippen LogP contribution in [-0.4, -0.2) is 13.3 Å². The van der Waals surface area contributed by atoms with Crippen molar-refractivity contribution >= 4 is 27.8 Å². The Morgan fingerprint density at radius 1 is 1.10 bits per heavy atom. The van der Waals surface area contributed by atoms with Crippen LogP contribution in [-0.2, 0) is 11.6 Å². The lowest BCUT2D eigenvalue weighted by molar-refractivity contribution is 0.271. The fourth-order valence-corrected chi connectivity index (χ4v) is 6.26. The molecule has 0 fully saturated rings. The molecule has 0 amide bonds. The van der Waals surface area contributed by atoms with Gasteiger partial charge in [-0.2, -0.15) is 0 Å². The van der Waals surface area contributed by atoms with E-state index in [2.05, 4.69) is 95.9 Å². The summed E-state index contributed by atoms with van der Waals surface area (Å²) in [5, 5.41) is 2.85. The van der Waals surface area contributed by atoms with Gasteiger partial charge < -0.3 is 4.74 Å². The monoisotopic (exact) mass is 438 g/mol. The molecule has 1 aliphatic rings. The van der Waals surface area contributed by atoms with Crippen molar-refractivity contribution in [3.63, 3.8) is 0 Å². The van der Waals surface area contributed by atoms with E-state index in [1.807, 2.05) is 0 Å². The highest BCUT2D eigenvalue weighted by Gasteiger charge is 2.24. The second-order valence-electron chi connectivity index (χ2n) is 9.32. The minimum atomic E-state index is 0.0439. The molecule has 160 valence electrons. The quantitative estimate of drug-likeness (QED) is 0.446. The van der Waals surface area contributed by atoms with E-state index in [-0.39, 0.29) is 5.41 Å². The SMILES string of the molecule is CPCc1cccc(C)c1Pc1cc(C)cc(C(C)(C)C)c1OCC1C=CC=CC1. The first-order chi connectivity index (χ1) is 14.3. The lowest BCUT2D eigenvalue weighted by atomic mass is 9.85. The van der Waals surface area contributed by atoms with E-state index in [9.17, 15) is 0 Å². The van der Waals surface area contributed by atoms with Crippen LogP contribution in [0.25, 0.3) is 0 Å². The van der Waals surface area contributed by atoms with Crippen molar-refractivity contribution in [1.29, 1.82) is 0 Å². The van der Waals surface area contributed by atoms with Crippen LogP contribution in [0, 0.1) is 19.8 Å². The number of rotatable bonds is 7. The highest BCUT2D eigenvalue weighted by molar-refractivity contribution is 7.56. The number of allylic oxidation sites excluding steroid dienone is 3. The minimum Gasteiger partial charge on any atom is -0.492 e. The zero-order valence-corrected chi connectivity index (χ0v) is 21.3. The standard InChI is InChI=1S/C27H36OP2/c1-19-15-23(27(3,4)5)25(28-17-21-12-8-7-9-13-21)24(16-19)30-26-20(2)11-10-14-22(26)18-29-6/h7-12,14-16,21,29-30H,13,17-18H2,1-6H3. The number of ether oxygens (including phenoxy) is 1. The van der Waals surface area contributed by atoms with Crippen LogP contribution in [0.15, 0.2) is 54.6 Å². The molecule has 3 atom stereocenters. The average molecular weight is 439 g/mol. The lowest BCUT2D eigenvalue weighted by Gasteiger charge is -2.27. The average Bonchev–Trinajstić information content (AvgIpc) is 2.69. The molecule has 0 heterocycles. The molecule has 30 heavy (non-hydrogen) atoms. The van der Waals surface area contributed by atoms with Crippen molar-refractivity contribution in [1.82, 2.24) is 0 Å². The molecule has 3 unspecified atom stereocenters. The van der Waals surface area contributed by atoms with Gasteiger partial charge in [0.1, 0.15) is 5.75 Å². The van der Waals surface area contributed by atoms with Crippen molar-refractivity contribution < 1.29 is 4.74 Å². The molecule has 3 rings (SSSR count). The Hall–Kier alpha value is -1.42. The smallest absolute Gasteiger partial charge is 0.130 e. The molecule has 2 aromatic rings. The van der Waals surface area contributed by atoms with Gasteiger partial charge in [0.05, 0.1) is 6.61 Å². The predicted molar refractivity (Wildman–Crippen MR) is 138 cm³/mol. The second kappa shape index (κ2) is 10.3. The lowest BCUT2D eigenvalue weighted by Crippen LogP contribution is -2.22. The number of benzene rings is 2. The fraction of sp³-hybridized carbons (Fsp3) is 0.407. The molecule has 0 bridgehead atoms. The van der Waals surface area contributed by atoms with Gasteiger partial charge in [-0.1, -0.05) is 77.9 Å². The first kappa shape index (κ1) is 23.2. The molecular formula is C27H36OP2. The summed E-state index contributed by atoms with van der Waals surface area (Å²) < 4.78 is 6.62. The minimum absolute atomic E-state index is 0.0439. The summed E-state index contributed by atoms with van der Waals surface area (Å²) in [7, 11) is 1.56. The van der Waals surface area contributed by atoms with Gasteiger partial charge in [0.2, 0.25) is 0 Å². The number of hydrogen-bond donors (Lipinski definition) is 0. The summed E-state index contributed by atoms with van der Waals surface area (Å²) >= 11 is 0. The maximum atomic E-state index is 6.62. The molecule has 0 N–H and O–H groups in total. The molecule has 0 aliphatic heterocycles. The summed E-state index contributed by atoms with van der Waals surface area (Å²) in [5.74, 6) is 1.57. The Kier molecular flexibility index (Phi) is 7.95. The van der Waals surface area contributed by atoms with Crippen molar-refractivity contribution in [2.45, 2.75) is 52.6 Å². The van der Waals surface area contributed by atoms with Crippen molar-refractivity contribution in [3.05, 3.63) is 76.9 Å². The Bertz CT molecular complexity index is 935. The third kappa shape index (κ3) is 5.84. The molecule has 0 saturated carbocycles. The van der Waals surface area contributed by atoms with Crippen LogP contribution < -0.4 is 15.3 Å². The van der Waals surface area contributed by atoms with E-state index in [1.165, 1.54) is 32.9 Å². The first-order valence-electron chi connectivity index (χ1n) is 10.9. The van der Waals surface area contributed by atoms with Crippen LogP contribution in [0.5, 0.6) is 5.75 Å². The molecule has 0 aromatic heterocycles. The molecule has 1 nitrogen and oxygen atoms in total. The Morgan fingerprint density at radius 3 is 2.57 bits per heavy atom. The van der Waals surface area contributed by atoms with Gasteiger partial charge >= 0.3 is 0 Å². The molecule has 0 saturated heterocycles. The first-order valence-corrected chi connectivity index (χ1v) is 13.6. The molecule has 0 radical (unpaired) electrons. The summed E-state index contributed by atoms with van der Waals surface area (Å²) in [6.45, 7) is 14.4. The van der Waals surface area contributed by atoms with Gasteiger partial charge in [-0.05, 0) is 66.6 Å². The molecular weight excluding hydrogens is 402 g/mol. The molecule has 3 heteroatoms. The third-order valence-electron chi connectivity index (χ3n) is 5.54. The van der Waals surface area contributed by atoms with E-state index in [1.54, 1.807) is 0 Å². The summed E-state index contributed by atoms with van der Waals surface area (Å²) in [5.41, 5.74) is 5.59. The van der Waals surface area contributed by atoms with Crippen molar-refractivity contribution in [3.8, 4) is 5.75 Å². The van der Waals surface area contributed by atoms with E-state index in [0.29, 0.717) is 14.5 Å². The highest BCUT2D eigenvalue weighted by atomic mass is 31.1. The second-order valence-corrected chi connectivity index (χ2v) is 11.7. The topological polar surface area (TPSA) is 9.23 Å². The van der Waals surface area contributed by atoms with Gasteiger partial charge in [-0.25, -0.2) is 0 Å². The Labute approximate surface area is 187 Å². The van der Waals surface area contributed by atoms with Crippen LogP contribution >= 0.6 is 17.2 Å². The van der Waals surface area contributed by atoms with Crippen molar-refractivity contribution in [2.24, 2.45) is 5.92 Å². The van der Waals surface area contributed by atoms with Crippen LogP contribution in [0.2, 0.25) is 0 Å². The van der Waals surface area contributed by atoms with Gasteiger partial charge in [-0.3, -0.25) is 0 Å². The van der Waals surface area contributed by atoms with Crippen LogP contribution in [0.3, 0.4) is 0 Å². The van der Waals surface area contributed by atoms with E-state index < -0.39 is 0 Å². The maximum absolute atomic E-state index is 6.62. The van der Waals surface area contributed by atoms with Gasteiger partial charge in [0.25, 0.3) is 0 Å². The molecule has 2 aromatic carbocycles. The van der Waals surface area contributed by atoms with E-state index in [0.717, 1.165) is 33.5 Å². The third-order valence-corrected chi connectivity index (χ3v) is 7.88. The summed E-state index contributed by atoms with van der Waals surface area (Å²) in [4.78, 5) is 0. The zero-order chi connectivity index (χ0) is 21.7. The predicted octanol–water partition coefficient (Wildman–Crippen LogP) is 6.55. The fourth-order valence-electron chi connectivity index (χ4n) is 3.90. The van der Waals surface area contributed by atoms with E-state index >= 15 is 0 Å².